The van der Waals surface area contributed by atoms with Crippen LogP contribution in [0, 0.1) is 6.92 Å². The van der Waals surface area contributed by atoms with Crippen molar-refractivity contribution in [3.05, 3.63) is 69.5 Å². The van der Waals surface area contributed by atoms with Gasteiger partial charge < -0.3 is 5.32 Å². The molecule has 1 heterocycles. The van der Waals surface area contributed by atoms with Gasteiger partial charge in [-0.1, -0.05) is 31.2 Å². The number of hydrogen-bond acceptors (Lipinski definition) is 3. The van der Waals surface area contributed by atoms with Crippen molar-refractivity contribution in [2.75, 3.05) is 5.32 Å². The molecule has 0 unspecified atom stereocenters. The Bertz CT molecular complexity index is 962. The number of halogens is 3. The summed E-state index contributed by atoms with van der Waals surface area (Å²) in [6, 6.07) is 11.6. The molecule has 0 atom stereocenters. The average Bonchev–Trinajstić information content (AvgIpc) is 3.02. The fraction of sp³-hybridized carbons (Fsp3) is 0.200. The standard InChI is InChI=1S/C20H17F3N2OS/c1-3-17-18(24-12(2)27-17)13-8-10-14(11-9-13)19(26)25-16-7-5-4-6-15(16)20(21,22)23/h4-11H,3H2,1-2H3,(H,25,26). The maximum absolute atomic E-state index is 13.1. The van der Waals surface area contributed by atoms with Crippen molar-refractivity contribution in [2.45, 2.75) is 26.4 Å². The summed E-state index contributed by atoms with van der Waals surface area (Å²) in [4.78, 5) is 18.1. The molecular weight excluding hydrogens is 373 g/mol. The Kier molecular flexibility index (Phi) is 5.32. The van der Waals surface area contributed by atoms with Crippen LogP contribution in [0.2, 0.25) is 0 Å². The molecule has 1 aromatic heterocycles. The summed E-state index contributed by atoms with van der Waals surface area (Å²) in [5.74, 6) is -0.594. The Morgan fingerprint density at radius 2 is 1.78 bits per heavy atom. The normalized spacial score (nSPS) is 11.4. The number of carbonyl (C=O) groups excluding carboxylic acids is 1. The lowest BCUT2D eigenvalue weighted by Crippen LogP contribution is -2.16. The first kappa shape index (κ1) is 19.1. The highest BCUT2D eigenvalue weighted by Gasteiger charge is 2.33. The molecule has 0 aliphatic heterocycles. The van der Waals surface area contributed by atoms with Crippen molar-refractivity contribution >= 4 is 22.9 Å². The molecule has 0 spiro atoms. The van der Waals surface area contributed by atoms with Gasteiger partial charge in [0.15, 0.2) is 0 Å². The van der Waals surface area contributed by atoms with E-state index in [9.17, 15) is 18.0 Å². The summed E-state index contributed by atoms with van der Waals surface area (Å²) >= 11 is 1.63. The second-order valence-corrected chi connectivity index (χ2v) is 7.22. The van der Waals surface area contributed by atoms with E-state index in [2.05, 4.69) is 17.2 Å². The number of carbonyl (C=O) groups is 1. The van der Waals surface area contributed by atoms with E-state index in [-0.39, 0.29) is 11.3 Å². The molecule has 0 radical (unpaired) electrons. The summed E-state index contributed by atoms with van der Waals surface area (Å²) in [6.45, 7) is 3.99. The molecule has 2 aromatic carbocycles. The zero-order valence-electron chi connectivity index (χ0n) is 14.7. The topological polar surface area (TPSA) is 42.0 Å². The van der Waals surface area contributed by atoms with Gasteiger partial charge in [-0.2, -0.15) is 13.2 Å². The van der Waals surface area contributed by atoms with E-state index in [0.717, 1.165) is 33.6 Å². The number of hydrogen-bond donors (Lipinski definition) is 1. The van der Waals surface area contributed by atoms with Crippen molar-refractivity contribution < 1.29 is 18.0 Å². The van der Waals surface area contributed by atoms with Gasteiger partial charge in [0.2, 0.25) is 0 Å². The van der Waals surface area contributed by atoms with Crippen LogP contribution < -0.4 is 5.32 Å². The molecule has 0 fully saturated rings. The predicted molar refractivity (Wildman–Crippen MR) is 101 cm³/mol. The summed E-state index contributed by atoms with van der Waals surface area (Å²) in [7, 11) is 0. The van der Waals surface area contributed by atoms with E-state index in [1.807, 2.05) is 6.92 Å². The second kappa shape index (κ2) is 7.52. The highest BCUT2D eigenvalue weighted by Crippen LogP contribution is 2.35. The number of thiazole rings is 1. The molecule has 7 heteroatoms. The van der Waals surface area contributed by atoms with Gasteiger partial charge in [-0.3, -0.25) is 4.79 Å². The molecule has 0 saturated heterocycles. The van der Waals surface area contributed by atoms with Crippen LogP contribution >= 0.6 is 11.3 Å². The first-order valence-corrected chi connectivity index (χ1v) is 9.15. The molecule has 0 aliphatic rings. The largest absolute Gasteiger partial charge is 0.418 e. The second-order valence-electron chi connectivity index (χ2n) is 5.93. The van der Waals surface area contributed by atoms with E-state index >= 15 is 0 Å². The third-order valence-corrected chi connectivity index (χ3v) is 5.14. The number of amides is 1. The summed E-state index contributed by atoms with van der Waals surface area (Å²) in [5, 5.41) is 3.31. The van der Waals surface area contributed by atoms with Gasteiger partial charge in [0.1, 0.15) is 0 Å². The summed E-state index contributed by atoms with van der Waals surface area (Å²) < 4.78 is 39.2. The lowest BCUT2D eigenvalue weighted by atomic mass is 10.1. The van der Waals surface area contributed by atoms with Crippen molar-refractivity contribution in [1.29, 1.82) is 0 Å². The number of aryl methyl sites for hydroxylation is 2. The highest BCUT2D eigenvalue weighted by molar-refractivity contribution is 7.12. The minimum Gasteiger partial charge on any atom is -0.321 e. The molecule has 3 rings (SSSR count). The number of alkyl halides is 3. The number of para-hydroxylation sites is 1. The van der Waals surface area contributed by atoms with Crippen molar-refractivity contribution in [3.8, 4) is 11.3 Å². The highest BCUT2D eigenvalue weighted by atomic mass is 32.1. The van der Waals surface area contributed by atoms with E-state index in [1.165, 1.54) is 18.2 Å². The van der Waals surface area contributed by atoms with Crippen LogP contribution in [0.4, 0.5) is 18.9 Å². The monoisotopic (exact) mass is 390 g/mol. The maximum Gasteiger partial charge on any atom is 0.418 e. The molecule has 140 valence electrons. The van der Waals surface area contributed by atoms with Gasteiger partial charge in [-0.05, 0) is 37.6 Å². The molecule has 0 bridgehead atoms. The quantitative estimate of drug-likeness (QED) is 0.598. The fourth-order valence-electron chi connectivity index (χ4n) is 2.75. The van der Waals surface area contributed by atoms with Gasteiger partial charge in [0.05, 0.1) is 22.0 Å². The molecular formula is C20H17F3N2OS. The van der Waals surface area contributed by atoms with E-state index < -0.39 is 17.6 Å². The number of rotatable bonds is 4. The van der Waals surface area contributed by atoms with E-state index in [1.54, 1.807) is 35.6 Å². The van der Waals surface area contributed by atoms with Crippen LogP contribution in [0.3, 0.4) is 0 Å². The van der Waals surface area contributed by atoms with Crippen molar-refractivity contribution in [1.82, 2.24) is 4.98 Å². The van der Waals surface area contributed by atoms with Gasteiger partial charge >= 0.3 is 6.18 Å². The summed E-state index contributed by atoms with van der Waals surface area (Å²) in [6.07, 6.45) is -3.68. The number of aromatic nitrogens is 1. The Hall–Kier alpha value is -2.67. The van der Waals surface area contributed by atoms with Gasteiger partial charge in [-0.15, -0.1) is 11.3 Å². The maximum atomic E-state index is 13.1. The number of nitrogens with one attached hydrogen (secondary N) is 1. The molecule has 1 amide bonds. The van der Waals surface area contributed by atoms with Crippen LogP contribution in [0.5, 0.6) is 0 Å². The Balaban J connectivity index is 1.83. The first-order valence-electron chi connectivity index (χ1n) is 8.34. The number of nitrogens with zero attached hydrogens (tertiary/aromatic N) is 1. The first-order chi connectivity index (χ1) is 12.8. The summed E-state index contributed by atoms with van der Waals surface area (Å²) in [5.41, 5.74) is 0.904. The van der Waals surface area contributed by atoms with E-state index in [4.69, 9.17) is 0 Å². The van der Waals surface area contributed by atoms with Crippen LogP contribution in [-0.4, -0.2) is 10.9 Å². The SMILES string of the molecule is CCc1sc(C)nc1-c1ccc(C(=O)Nc2ccccc2C(F)(F)F)cc1. The van der Waals surface area contributed by atoms with Crippen LogP contribution in [0.15, 0.2) is 48.5 Å². The molecule has 27 heavy (non-hydrogen) atoms. The minimum absolute atomic E-state index is 0.262. The molecule has 3 aromatic rings. The molecule has 0 saturated carbocycles. The minimum atomic E-state index is -4.53. The molecule has 0 aliphatic carbocycles. The molecule has 1 N–H and O–H groups in total. The fourth-order valence-corrected chi connectivity index (χ4v) is 3.65. The van der Waals surface area contributed by atoms with E-state index in [0.29, 0.717) is 0 Å². The van der Waals surface area contributed by atoms with Crippen LogP contribution in [-0.2, 0) is 12.6 Å². The van der Waals surface area contributed by atoms with Gasteiger partial charge in [-0.25, -0.2) is 4.98 Å². The average molecular weight is 390 g/mol. The van der Waals surface area contributed by atoms with Crippen molar-refractivity contribution in [2.24, 2.45) is 0 Å². The van der Waals surface area contributed by atoms with Gasteiger partial charge in [0.25, 0.3) is 5.91 Å². The van der Waals surface area contributed by atoms with Gasteiger partial charge in [0, 0.05) is 16.0 Å². The number of benzene rings is 2. The Morgan fingerprint density at radius 3 is 2.41 bits per heavy atom. The smallest absolute Gasteiger partial charge is 0.321 e. The predicted octanol–water partition coefficient (Wildman–Crippen LogP) is 5.95. The zero-order chi connectivity index (χ0) is 19.6. The van der Waals surface area contributed by atoms with Crippen LogP contribution in [0.1, 0.15) is 32.7 Å². The molecule has 3 nitrogen and oxygen atoms in total. The third-order valence-electron chi connectivity index (χ3n) is 4.03. The van der Waals surface area contributed by atoms with Crippen LogP contribution in [0.25, 0.3) is 11.3 Å². The Morgan fingerprint density at radius 1 is 1.11 bits per heavy atom. The third kappa shape index (κ3) is 4.19. The lowest BCUT2D eigenvalue weighted by molar-refractivity contribution is -0.136. The lowest BCUT2D eigenvalue weighted by Gasteiger charge is -2.13. The zero-order valence-corrected chi connectivity index (χ0v) is 15.5. The van der Waals surface area contributed by atoms with Crippen molar-refractivity contribution in [3.63, 3.8) is 0 Å². The Labute approximate surface area is 158 Å². The number of anilines is 1.